The van der Waals surface area contributed by atoms with Crippen molar-refractivity contribution >= 4 is 11.9 Å². The van der Waals surface area contributed by atoms with Crippen LogP contribution in [0, 0.1) is 18.7 Å². The van der Waals surface area contributed by atoms with Crippen molar-refractivity contribution in [3.05, 3.63) is 41.5 Å². The molecule has 0 radical (unpaired) electrons. The van der Waals surface area contributed by atoms with Crippen LogP contribution >= 0.6 is 0 Å². The molecule has 2 aromatic rings. The van der Waals surface area contributed by atoms with Gasteiger partial charge in [-0.25, -0.2) is 4.39 Å². The highest BCUT2D eigenvalue weighted by Crippen LogP contribution is 2.33. The molecule has 152 valence electrons. The molecule has 7 heteroatoms. The van der Waals surface area contributed by atoms with Crippen LogP contribution in [-0.4, -0.2) is 47.2 Å². The van der Waals surface area contributed by atoms with Crippen molar-refractivity contribution in [1.82, 2.24) is 15.1 Å². The smallest absolute Gasteiger partial charge is 0.318 e. The first kappa shape index (κ1) is 20.3. The predicted octanol–water partition coefficient (Wildman–Crippen LogP) is 3.78. The van der Waals surface area contributed by atoms with Crippen LogP contribution in [0.25, 0.3) is 0 Å². The number of benzene rings is 1. The Morgan fingerprint density at radius 3 is 2.29 bits per heavy atom. The fourth-order valence-electron chi connectivity index (χ4n) is 4.00. The molecule has 0 bridgehead atoms. The summed E-state index contributed by atoms with van der Waals surface area (Å²) in [5, 5.41) is 7.92. The van der Waals surface area contributed by atoms with E-state index in [0.717, 1.165) is 18.4 Å². The number of anilines is 1. The summed E-state index contributed by atoms with van der Waals surface area (Å²) in [6.07, 6.45) is 2.45. The van der Waals surface area contributed by atoms with E-state index in [9.17, 15) is 9.18 Å². The van der Waals surface area contributed by atoms with Gasteiger partial charge in [0.05, 0.1) is 0 Å². The Bertz CT molecular complexity index is 765. The number of piperazine rings is 1. The fraction of sp³-hybridized carbons (Fsp3) is 0.571. The molecule has 1 aromatic carbocycles. The molecule has 0 saturated carbocycles. The molecule has 1 aromatic heterocycles. The molecular formula is C21H29FN4O2. The van der Waals surface area contributed by atoms with Crippen LogP contribution in [0.2, 0.25) is 0 Å². The van der Waals surface area contributed by atoms with E-state index in [1.807, 2.05) is 21.9 Å². The first-order valence-electron chi connectivity index (χ1n) is 10.1. The molecule has 1 amide bonds. The first-order chi connectivity index (χ1) is 13.5. The highest BCUT2D eigenvalue weighted by Gasteiger charge is 2.29. The van der Waals surface area contributed by atoms with Crippen molar-refractivity contribution < 1.29 is 13.6 Å². The Labute approximate surface area is 165 Å². The lowest BCUT2D eigenvalue weighted by atomic mass is 9.80. The molecule has 2 heterocycles. The van der Waals surface area contributed by atoms with Crippen LogP contribution in [0.15, 0.2) is 28.7 Å². The van der Waals surface area contributed by atoms with E-state index in [-0.39, 0.29) is 17.6 Å². The Balaban J connectivity index is 1.64. The zero-order valence-electron chi connectivity index (χ0n) is 16.9. The molecule has 1 unspecified atom stereocenters. The number of hydrogen-bond acceptors (Lipinski definition) is 5. The third kappa shape index (κ3) is 4.69. The molecule has 0 spiro atoms. The zero-order chi connectivity index (χ0) is 20.1. The monoisotopic (exact) mass is 388 g/mol. The van der Waals surface area contributed by atoms with Crippen molar-refractivity contribution in [3.63, 3.8) is 0 Å². The van der Waals surface area contributed by atoms with Crippen LogP contribution in [0.1, 0.15) is 50.5 Å². The second-order valence-corrected chi connectivity index (χ2v) is 7.41. The normalized spacial score (nSPS) is 15.9. The van der Waals surface area contributed by atoms with E-state index in [4.69, 9.17) is 4.42 Å². The van der Waals surface area contributed by atoms with E-state index < -0.39 is 0 Å². The van der Waals surface area contributed by atoms with E-state index >= 15 is 0 Å². The van der Waals surface area contributed by atoms with Crippen LogP contribution in [0.4, 0.5) is 10.4 Å². The maximum absolute atomic E-state index is 13.3. The summed E-state index contributed by atoms with van der Waals surface area (Å²) >= 11 is 0. The number of halogens is 1. The maximum atomic E-state index is 13.3. The molecule has 1 aliphatic rings. The number of amides is 1. The number of nitrogens with zero attached hydrogens (tertiary/aromatic N) is 4. The van der Waals surface area contributed by atoms with Crippen molar-refractivity contribution in [2.45, 2.75) is 46.0 Å². The zero-order valence-corrected chi connectivity index (χ0v) is 16.9. The van der Waals surface area contributed by atoms with Gasteiger partial charge in [-0.2, -0.15) is 0 Å². The van der Waals surface area contributed by atoms with Gasteiger partial charge in [0.15, 0.2) is 0 Å². The third-order valence-corrected chi connectivity index (χ3v) is 5.73. The van der Waals surface area contributed by atoms with Gasteiger partial charge in [0.25, 0.3) is 0 Å². The first-order valence-corrected chi connectivity index (χ1v) is 10.1. The lowest BCUT2D eigenvalue weighted by Gasteiger charge is -2.35. The van der Waals surface area contributed by atoms with Crippen molar-refractivity contribution in [2.24, 2.45) is 5.92 Å². The number of rotatable bonds is 7. The largest absolute Gasteiger partial charge is 0.408 e. The van der Waals surface area contributed by atoms with Gasteiger partial charge in [-0.15, -0.1) is 5.10 Å². The summed E-state index contributed by atoms with van der Waals surface area (Å²) in [4.78, 5) is 16.9. The predicted molar refractivity (Wildman–Crippen MR) is 106 cm³/mol. The standard InChI is InChI=1S/C21H29FN4O2/c1-4-16(5-2)19(17-6-8-18(22)9-7-17)14-20(27)25-10-12-26(13-11-25)21-24-23-15(3)28-21/h6-9,16,19H,4-5,10-14H2,1-3H3. The molecule has 0 aliphatic carbocycles. The highest BCUT2D eigenvalue weighted by molar-refractivity contribution is 5.77. The van der Waals surface area contributed by atoms with Gasteiger partial charge in [0, 0.05) is 39.5 Å². The van der Waals surface area contributed by atoms with Gasteiger partial charge < -0.3 is 14.2 Å². The summed E-state index contributed by atoms with van der Waals surface area (Å²) < 4.78 is 18.8. The van der Waals surface area contributed by atoms with E-state index in [0.29, 0.717) is 50.4 Å². The molecule has 1 atom stereocenters. The Morgan fingerprint density at radius 2 is 1.75 bits per heavy atom. The van der Waals surface area contributed by atoms with E-state index in [1.54, 1.807) is 6.92 Å². The van der Waals surface area contributed by atoms with Gasteiger partial charge in [0.1, 0.15) is 5.82 Å². The summed E-state index contributed by atoms with van der Waals surface area (Å²) in [7, 11) is 0. The van der Waals surface area contributed by atoms with Crippen molar-refractivity contribution in [1.29, 1.82) is 0 Å². The van der Waals surface area contributed by atoms with Gasteiger partial charge in [-0.3, -0.25) is 4.79 Å². The Morgan fingerprint density at radius 1 is 1.11 bits per heavy atom. The van der Waals surface area contributed by atoms with Gasteiger partial charge >= 0.3 is 6.01 Å². The molecular weight excluding hydrogens is 359 g/mol. The van der Waals surface area contributed by atoms with Gasteiger partial charge in [0.2, 0.25) is 11.8 Å². The molecule has 28 heavy (non-hydrogen) atoms. The van der Waals surface area contributed by atoms with Gasteiger partial charge in [-0.05, 0) is 29.5 Å². The second-order valence-electron chi connectivity index (χ2n) is 7.41. The van der Waals surface area contributed by atoms with Crippen LogP contribution < -0.4 is 4.90 Å². The molecule has 3 rings (SSSR count). The van der Waals surface area contributed by atoms with Crippen LogP contribution in [0.5, 0.6) is 0 Å². The highest BCUT2D eigenvalue weighted by atomic mass is 19.1. The molecule has 1 fully saturated rings. The minimum atomic E-state index is -0.245. The van der Waals surface area contributed by atoms with Gasteiger partial charge in [-0.1, -0.05) is 43.9 Å². The lowest BCUT2D eigenvalue weighted by Crippen LogP contribution is -2.49. The van der Waals surface area contributed by atoms with E-state index in [1.165, 1.54) is 12.1 Å². The summed E-state index contributed by atoms with van der Waals surface area (Å²) in [5.74, 6) is 0.964. The van der Waals surface area contributed by atoms with Crippen molar-refractivity contribution in [2.75, 3.05) is 31.1 Å². The number of carbonyl (C=O) groups excluding carboxylic acids is 1. The van der Waals surface area contributed by atoms with E-state index in [2.05, 4.69) is 24.0 Å². The maximum Gasteiger partial charge on any atom is 0.318 e. The SMILES string of the molecule is CCC(CC)C(CC(=O)N1CCN(c2nnc(C)o2)CC1)c1ccc(F)cc1. The topological polar surface area (TPSA) is 62.5 Å². The Kier molecular flexibility index (Phi) is 6.65. The quantitative estimate of drug-likeness (QED) is 0.722. The summed E-state index contributed by atoms with van der Waals surface area (Å²) in [5.41, 5.74) is 1.04. The summed E-state index contributed by atoms with van der Waals surface area (Å²) in [6.45, 7) is 8.71. The van der Waals surface area contributed by atoms with Crippen molar-refractivity contribution in [3.8, 4) is 0 Å². The minimum Gasteiger partial charge on any atom is -0.408 e. The molecule has 1 aliphatic heterocycles. The number of carbonyl (C=O) groups is 1. The molecule has 1 saturated heterocycles. The number of hydrogen-bond donors (Lipinski definition) is 0. The average Bonchev–Trinajstić information content (AvgIpc) is 3.15. The molecule has 0 N–H and O–H groups in total. The van der Waals surface area contributed by atoms with Crippen LogP contribution in [-0.2, 0) is 4.79 Å². The number of aryl methyl sites for hydroxylation is 1. The Hall–Kier alpha value is -2.44. The third-order valence-electron chi connectivity index (χ3n) is 5.73. The number of aromatic nitrogens is 2. The average molecular weight is 388 g/mol. The summed E-state index contributed by atoms with van der Waals surface area (Å²) in [6, 6.07) is 7.13. The minimum absolute atomic E-state index is 0.111. The fourth-order valence-corrected chi connectivity index (χ4v) is 4.00. The molecule has 6 nitrogen and oxygen atoms in total. The second kappa shape index (κ2) is 9.17. The lowest BCUT2D eigenvalue weighted by molar-refractivity contribution is -0.132. The van der Waals surface area contributed by atoms with Crippen LogP contribution in [0.3, 0.4) is 0 Å².